The lowest BCUT2D eigenvalue weighted by molar-refractivity contribution is 0.104. The van der Waals surface area contributed by atoms with Crippen LogP contribution in [0.1, 0.15) is 41.6 Å². The molecule has 3 rings (SSSR count). The third-order valence-corrected chi connectivity index (χ3v) is 6.77. The summed E-state index contributed by atoms with van der Waals surface area (Å²) in [6, 6.07) is 13.4. The molecule has 0 aliphatic carbocycles. The van der Waals surface area contributed by atoms with Gasteiger partial charge in [-0.2, -0.15) is 4.31 Å². The number of hydrogen-bond donors (Lipinski definition) is 0. The average Bonchev–Trinajstić information content (AvgIpc) is 2.96. The first kappa shape index (κ1) is 19.8. The van der Waals surface area contributed by atoms with Crippen molar-refractivity contribution in [1.29, 1.82) is 0 Å². The Hall–Kier alpha value is -1.95. The van der Waals surface area contributed by atoms with E-state index in [0.717, 1.165) is 31.2 Å². The van der Waals surface area contributed by atoms with Crippen molar-refractivity contribution in [3.63, 3.8) is 0 Å². The standard InChI is InChI=1S/C21H22ClNO3S/c22-19-7-5-6-17(16-19)8-13-21(24)18-9-11-20(12-10-18)27(25,26)23-14-3-1-2-4-15-23/h5-13,16H,1-4,14-15H2/b13-8+. The van der Waals surface area contributed by atoms with E-state index >= 15 is 0 Å². The molecule has 4 nitrogen and oxygen atoms in total. The highest BCUT2D eigenvalue weighted by molar-refractivity contribution is 7.89. The van der Waals surface area contributed by atoms with E-state index in [1.165, 1.54) is 18.2 Å². The summed E-state index contributed by atoms with van der Waals surface area (Å²) in [7, 11) is -3.50. The number of allylic oxidation sites excluding steroid dienone is 1. The summed E-state index contributed by atoms with van der Waals surface area (Å²) in [6.07, 6.45) is 7.07. The number of benzene rings is 2. The minimum Gasteiger partial charge on any atom is -0.289 e. The molecule has 1 aliphatic heterocycles. The van der Waals surface area contributed by atoms with E-state index in [-0.39, 0.29) is 10.7 Å². The van der Waals surface area contributed by atoms with E-state index in [1.807, 2.05) is 12.1 Å². The molecule has 1 heterocycles. The molecule has 0 bridgehead atoms. The summed E-state index contributed by atoms with van der Waals surface area (Å²) in [6.45, 7) is 1.12. The van der Waals surface area contributed by atoms with Crippen LogP contribution >= 0.6 is 11.6 Å². The predicted molar refractivity (Wildman–Crippen MR) is 108 cm³/mol. The van der Waals surface area contributed by atoms with Crippen LogP contribution in [0.5, 0.6) is 0 Å². The number of ketones is 1. The fourth-order valence-electron chi connectivity index (χ4n) is 3.10. The van der Waals surface area contributed by atoms with Gasteiger partial charge >= 0.3 is 0 Å². The Bertz CT molecular complexity index is 928. The Morgan fingerprint density at radius 2 is 1.63 bits per heavy atom. The van der Waals surface area contributed by atoms with Crippen molar-refractivity contribution < 1.29 is 13.2 Å². The summed E-state index contributed by atoms with van der Waals surface area (Å²) in [5, 5.41) is 0.604. The van der Waals surface area contributed by atoms with Gasteiger partial charge in [-0.3, -0.25) is 4.79 Å². The van der Waals surface area contributed by atoms with Crippen molar-refractivity contribution in [2.75, 3.05) is 13.1 Å². The zero-order chi connectivity index (χ0) is 19.3. The number of halogens is 1. The predicted octanol–water partition coefficient (Wildman–Crippen LogP) is 4.80. The minimum absolute atomic E-state index is 0.186. The highest BCUT2D eigenvalue weighted by Gasteiger charge is 2.25. The Kier molecular flexibility index (Phi) is 6.47. The molecule has 2 aromatic rings. The molecule has 1 saturated heterocycles. The largest absolute Gasteiger partial charge is 0.289 e. The molecule has 1 fully saturated rings. The molecule has 6 heteroatoms. The topological polar surface area (TPSA) is 54.5 Å². The Balaban J connectivity index is 1.73. The monoisotopic (exact) mass is 403 g/mol. The van der Waals surface area contributed by atoms with Crippen molar-refractivity contribution in [3.05, 3.63) is 70.8 Å². The zero-order valence-electron chi connectivity index (χ0n) is 15.0. The Labute approximate surface area is 165 Å². The van der Waals surface area contributed by atoms with Gasteiger partial charge in [0.05, 0.1) is 4.90 Å². The smallest absolute Gasteiger partial charge is 0.243 e. The molecule has 0 spiro atoms. The third-order valence-electron chi connectivity index (χ3n) is 4.62. The number of nitrogens with zero attached hydrogens (tertiary/aromatic N) is 1. The molecular weight excluding hydrogens is 382 g/mol. The second-order valence-corrected chi connectivity index (χ2v) is 8.97. The zero-order valence-corrected chi connectivity index (χ0v) is 16.5. The number of carbonyl (C=O) groups excluding carboxylic acids is 1. The van der Waals surface area contributed by atoms with Crippen LogP contribution in [0.25, 0.3) is 6.08 Å². The molecule has 0 radical (unpaired) electrons. The first-order chi connectivity index (χ1) is 13.0. The van der Waals surface area contributed by atoms with Crippen LogP contribution in [0.3, 0.4) is 0 Å². The summed E-state index contributed by atoms with van der Waals surface area (Å²) >= 11 is 5.93. The first-order valence-electron chi connectivity index (χ1n) is 9.05. The van der Waals surface area contributed by atoms with Crippen LogP contribution in [0.4, 0.5) is 0 Å². The van der Waals surface area contributed by atoms with Gasteiger partial charge in [0.1, 0.15) is 0 Å². The molecule has 0 saturated carbocycles. The van der Waals surface area contributed by atoms with Gasteiger partial charge in [-0.15, -0.1) is 0 Å². The van der Waals surface area contributed by atoms with Crippen LogP contribution in [0.15, 0.2) is 59.5 Å². The summed E-state index contributed by atoms with van der Waals surface area (Å²) in [4.78, 5) is 12.6. The van der Waals surface area contributed by atoms with Crippen molar-refractivity contribution >= 4 is 33.5 Å². The molecule has 0 N–H and O–H groups in total. The quantitative estimate of drug-likeness (QED) is 0.532. The van der Waals surface area contributed by atoms with E-state index in [1.54, 1.807) is 34.6 Å². The maximum atomic E-state index is 12.8. The van der Waals surface area contributed by atoms with Crippen LogP contribution in [-0.2, 0) is 10.0 Å². The Morgan fingerprint density at radius 3 is 2.26 bits per heavy atom. The molecule has 27 heavy (non-hydrogen) atoms. The SMILES string of the molecule is O=C(/C=C/c1cccc(Cl)c1)c1ccc(S(=O)(=O)N2CCCCCC2)cc1. The molecular formula is C21H22ClNO3S. The normalized spacial score (nSPS) is 16.3. The molecule has 0 unspecified atom stereocenters. The maximum Gasteiger partial charge on any atom is 0.243 e. The van der Waals surface area contributed by atoms with E-state index in [9.17, 15) is 13.2 Å². The second-order valence-electron chi connectivity index (χ2n) is 6.60. The van der Waals surface area contributed by atoms with Crippen LogP contribution in [-0.4, -0.2) is 31.6 Å². The van der Waals surface area contributed by atoms with Gasteiger partial charge in [0.2, 0.25) is 10.0 Å². The van der Waals surface area contributed by atoms with Gasteiger partial charge in [-0.05, 0) is 60.9 Å². The lowest BCUT2D eigenvalue weighted by Gasteiger charge is -2.19. The van der Waals surface area contributed by atoms with Gasteiger partial charge in [-0.25, -0.2) is 8.42 Å². The fraction of sp³-hybridized carbons (Fsp3) is 0.286. The number of rotatable bonds is 5. The number of sulfonamides is 1. The van der Waals surface area contributed by atoms with Crippen molar-refractivity contribution in [2.45, 2.75) is 30.6 Å². The molecule has 0 atom stereocenters. The van der Waals surface area contributed by atoms with Gasteiger partial charge in [0.15, 0.2) is 5.78 Å². The van der Waals surface area contributed by atoms with Crippen molar-refractivity contribution in [1.82, 2.24) is 4.31 Å². The highest BCUT2D eigenvalue weighted by atomic mass is 35.5. The van der Waals surface area contributed by atoms with Gasteiger partial charge in [0, 0.05) is 23.7 Å². The lowest BCUT2D eigenvalue weighted by Crippen LogP contribution is -2.31. The van der Waals surface area contributed by atoms with E-state index in [2.05, 4.69) is 0 Å². The number of hydrogen-bond acceptors (Lipinski definition) is 3. The average molecular weight is 404 g/mol. The maximum absolute atomic E-state index is 12.8. The van der Waals surface area contributed by atoms with Gasteiger partial charge in [-0.1, -0.05) is 42.7 Å². The van der Waals surface area contributed by atoms with Gasteiger partial charge in [0.25, 0.3) is 0 Å². The molecule has 1 aliphatic rings. The number of carbonyl (C=O) groups is 1. The molecule has 0 amide bonds. The second kappa shape index (κ2) is 8.83. The van der Waals surface area contributed by atoms with E-state index in [4.69, 9.17) is 11.6 Å². The Morgan fingerprint density at radius 1 is 0.963 bits per heavy atom. The van der Waals surface area contributed by atoms with Crippen molar-refractivity contribution in [3.8, 4) is 0 Å². The van der Waals surface area contributed by atoms with E-state index < -0.39 is 10.0 Å². The van der Waals surface area contributed by atoms with Crippen LogP contribution in [0, 0.1) is 0 Å². The summed E-state index contributed by atoms with van der Waals surface area (Å²) < 4.78 is 27.1. The molecule has 2 aromatic carbocycles. The highest BCUT2D eigenvalue weighted by Crippen LogP contribution is 2.21. The van der Waals surface area contributed by atoms with Crippen molar-refractivity contribution in [2.24, 2.45) is 0 Å². The van der Waals surface area contributed by atoms with Gasteiger partial charge < -0.3 is 0 Å². The summed E-state index contributed by atoms with van der Waals surface area (Å²) in [5.41, 5.74) is 1.28. The summed E-state index contributed by atoms with van der Waals surface area (Å²) in [5.74, 6) is -0.186. The molecule has 0 aromatic heterocycles. The van der Waals surface area contributed by atoms with Crippen LogP contribution < -0.4 is 0 Å². The fourth-order valence-corrected chi connectivity index (χ4v) is 4.82. The molecule has 142 valence electrons. The van der Waals surface area contributed by atoms with Crippen LogP contribution in [0.2, 0.25) is 5.02 Å². The lowest BCUT2D eigenvalue weighted by atomic mass is 10.1. The third kappa shape index (κ3) is 5.06. The van der Waals surface area contributed by atoms with E-state index in [0.29, 0.717) is 23.7 Å². The first-order valence-corrected chi connectivity index (χ1v) is 10.9. The minimum atomic E-state index is -3.50.